The van der Waals surface area contributed by atoms with Crippen LogP contribution in [0.1, 0.15) is 62.0 Å². The standard InChI is InChI=1S/C23H26N4O2/c1-15(18-11-9-17(10-12-18)14-19-6-5-7-20(19)28)23(29)24-16(2)22-26-25-21-8-3-4-13-27(21)22/h3-4,8-13,15-16,19H,5-7,14H2,1-2H3,(H,24,29)/t15-,16-,19-/m0/s1. The molecule has 6 heteroatoms. The molecule has 3 aromatic rings. The Labute approximate surface area is 170 Å². The average Bonchev–Trinajstić information content (AvgIpc) is 3.34. The topological polar surface area (TPSA) is 76.4 Å². The molecule has 0 saturated heterocycles. The Kier molecular flexibility index (Phi) is 5.43. The summed E-state index contributed by atoms with van der Waals surface area (Å²) in [6.45, 7) is 3.81. The van der Waals surface area contributed by atoms with Crippen molar-refractivity contribution in [1.29, 1.82) is 0 Å². The van der Waals surface area contributed by atoms with Gasteiger partial charge in [0, 0.05) is 18.5 Å². The summed E-state index contributed by atoms with van der Waals surface area (Å²) in [4.78, 5) is 24.6. The highest BCUT2D eigenvalue weighted by Crippen LogP contribution is 2.26. The minimum atomic E-state index is -0.279. The number of fused-ring (bicyclic) bond motifs is 1. The molecular formula is C23H26N4O2. The molecule has 1 saturated carbocycles. The largest absolute Gasteiger partial charge is 0.346 e. The maximum atomic E-state index is 12.8. The zero-order valence-electron chi connectivity index (χ0n) is 16.8. The third kappa shape index (κ3) is 4.06. The molecule has 0 aliphatic heterocycles. The van der Waals surface area contributed by atoms with E-state index < -0.39 is 0 Å². The third-order valence-electron chi connectivity index (χ3n) is 5.87. The number of hydrogen-bond donors (Lipinski definition) is 1. The van der Waals surface area contributed by atoms with Gasteiger partial charge in [0.05, 0.1) is 12.0 Å². The van der Waals surface area contributed by atoms with Crippen molar-refractivity contribution in [3.8, 4) is 0 Å². The Morgan fingerprint density at radius 2 is 1.97 bits per heavy atom. The van der Waals surface area contributed by atoms with E-state index in [-0.39, 0.29) is 23.8 Å². The highest BCUT2D eigenvalue weighted by atomic mass is 16.2. The molecule has 1 fully saturated rings. The molecule has 0 unspecified atom stereocenters. The van der Waals surface area contributed by atoms with Gasteiger partial charge in [-0.2, -0.15) is 0 Å². The molecule has 2 heterocycles. The molecule has 3 atom stereocenters. The second kappa shape index (κ2) is 8.15. The molecule has 4 rings (SSSR count). The van der Waals surface area contributed by atoms with Gasteiger partial charge in [-0.15, -0.1) is 10.2 Å². The Morgan fingerprint density at radius 3 is 2.69 bits per heavy atom. The number of nitrogens with zero attached hydrogens (tertiary/aromatic N) is 3. The Bertz CT molecular complexity index is 1020. The van der Waals surface area contributed by atoms with Gasteiger partial charge in [0.15, 0.2) is 11.5 Å². The Morgan fingerprint density at radius 1 is 1.17 bits per heavy atom. The van der Waals surface area contributed by atoms with Crippen LogP contribution in [0.2, 0.25) is 0 Å². The number of ketones is 1. The lowest BCUT2D eigenvalue weighted by Gasteiger charge is -2.17. The molecule has 1 N–H and O–H groups in total. The smallest absolute Gasteiger partial charge is 0.227 e. The first-order chi connectivity index (χ1) is 14.0. The van der Waals surface area contributed by atoms with Crippen molar-refractivity contribution in [2.75, 3.05) is 0 Å². The van der Waals surface area contributed by atoms with Crippen molar-refractivity contribution in [1.82, 2.24) is 19.9 Å². The summed E-state index contributed by atoms with van der Waals surface area (Å²) < 4.78 is 1.88. The van der Waals surface area contributed by atoms with Gasteiger partial charge < -0.3 is 5.32 Å². The lowest BCUT2D eigenvalue weighted by atomic mass is 9.94. The molecule has 29 heavy (non-hydrogen) atoms. The molecule has 6 nitrogen and oxygen atoms in total. The molecule has 0 bridgehead atoms. The molecule has 1 aromatic carbocycles. The van der Waals surface area contributed by atoms with Gasteiger partial charge in [0.2, 0.25) is 5.91 Å². The van der Waals surface area contributed by atoms with Crippen LogP contribution in [-0.2, 0) is 16.0 Å². The van der Waals surface area contributed by atoms with Crippen LogP contribution in [0.25, 0.3) is 5.65 Å². The van der Waals surface area contributed by atoms with E-state index in [9.17, 15) is 9.59 Å². The number of amides is 1. The van der Waals surface area contributed by atoms with Gasteiger partial charge in [0.1, 0.15) is 5.78 Å². The number of rotatable bonds is 6. The van der Waals surface area contributed by atoms with Gasteiger partial charge in [-0.1, -0.05) is 30.3 Å². The maximum Gasteiger partial charge on any atom is 0.227 e. The zero-order chi connectivity index (χ0) is 20.4. The van der Waals surface area contributed by atoms with E-state index >= 15 is 0 Å². The summed E-state index contributed by atoms with van der Waals surface area (Å²) in [6.07, 6.45) is 5.42. The van der Waals surface area contributed by atoms with Crippen molar-refractivity contribution >= 4 is 17.3 Å². The van der Waals surface area contributed by atoms with Crippen molar-refractivity contribution in [2.45, 2.75) is 51.5 Å². The second-order valence-corrected chi connectivity index (χ2v) is 7.94. The SMILES string of the molecule is C[C@H](NC(=O)[C@@H](C)c1ccc(C[C@@H]2CCCC2=O)cc1)c1nnc2ccccn12. The lowest BCUT2D eigenvalue weighted by Crippen LogP contribution is -2.31. The average molecular weight is 390 g/mol. The molecule has 1 amide bonds. The van der Waals surface area contributed by atoms with Crippen LogP contribution in [0.5, 0.6) is 0 Å². The van der Waals surface area contributed by atoms with E-state index in [1.807, 2.05) is 66.9 Å². The molecule has 0 spiro atoms. The summed E-state index contributed by atoms with van der Waals surface area (Å²) >= 11 is 0. The predicted octanol–water partition coefficient (Wildman–Crippen LogP) is 3.62. The highest BCUT2D eigenvalue weighted by molar-refractivity contribution is 5.84. The molecule has 1 aliphatic rings. The van der Waals surface area contributed by atoms with Crippen molar-refractivity contribution in [2.24, 2.45) is 5.92 Å². The van der Waals surface area contributed by atoms with Gasteiger partial charge in [-0.05, 0) is 56.4 Å². The summed E-state index contributed by atoms with van der Waals surface area (Å²) in [5, 5.41) is 11.4. The molecule has 150 valence electrons. The number of hydrogen-bond acceptors (Lipinski definition) is 4. The summed E-state index contributed by atoms with van der Waals surface area (Å²) in [5.41, 5.74) is 2.88. The number of benzene rings is 1. The van der Waals surface area contributed by atoms with E-state index in [2.05, 4.69) is 15.5 Å². The quantitative estimate of drug-likeness (QED) is 0.697. The number of pyridine rings is 1. The summed E-state index contributed by atoms with van der Waals surface area (Å²) in [5.74, 6) is 0.928. The normalized spacial score (nSPS) is 18.7. The fourth-order valence-corrected chi connectivity index (χ4v) is 4.04. The van der Waals surface area contributed by atoms with E-state index in [0.29, 0.717) is 11.6 Å². The minimum Gasteiger partial charge on any atom is -0.346 e. The van der Waals surface area contributed by atoms with Crippen molar-refractivity contribution in [3.63, 3.8) is 0 Å². The van der Waals surface area contributed by atoms with E-state index in [1.165, 1.54) is 0 Å². The van der Waals surface area contributed by atoms with Crippen LogP contribution in [0.15, 0.2) is 48.7 Å². The molecule has 0 radical (unpaired) electrons. The number of aromatic nitrogens is 3. The first kappa shape index (κ1) is 19.3. The van der Waals surface area contributed by atoms with E-state index in [0.717, 1.165) is 42.5 Å². The summed E-state index contributed by atoms with van der Waals surface area (Å²) in [7, 11) is 0. The lowest BCUT2D eigenvalue weighted by molar-refractivity contribution is -0.123. The second-order valence-electron chi connectivity index (χ2n) is 7.94. The fraction of sp³-hybridized carbons (Fsp3) is 0.391. The van der Waals surface area contributed by atoms with Gasteiger partial charge in [-0.3, -0.25) is 14.0 Å². The van der Waals surface area contributed by atoms with E-state index in [4.69, 9.17) is 0 Å². The van der Waals surface area contributed by atoms with Crippen LogP contribution in [0.3, 0.4) is 0 Å². The van der Waals surface area contributed by atoms with Gasteiger partial charge in [-0.25, -0.2) is 0 Å². The molecule has 2 aromatic heterocycles. The van der Waals surface area contributed by atoms with Crippen LogP contribution in [-0.4, -0.2) is 26.3 Å². The number of Topliss-reactive ketones (excluding diaryl/α,β-unsaturated/α-hetero) is 1. The zero-order valence-corrected chi connectivity index (χ0v) is 16.8. The highest BCUT2D eigenvalue weighted by Gasteiger charge is 2.25. The van der Waals surface area contributed by atoms with Crippen molar-refractivity contribution in [3.05, 3.63) is 65.6 Å². The number of carbonyl (C=O) groups is 2. The number of nitrogens with one attached hydrogen (secondary N) is 1. The minimum absolute atomic E-state index is 0.0519. The van der Waals surface area contributed by atoms with Crippen LogP contribution in [0.4, 0.5) is 0 Å². The van der Waals surface area contributed by atoms with Crippen molar-refractivity contribution < 1.29 is 9.59 Å². The number of carbonyl (C=O) groups excluding carboxylic acids is 2. The van der Waals surface area contributed by atoms with Crippen LogP contribution in [0, 0.1) is 5.92 Å². The molecule has 1 aliphatic carbocycles. The Balaban J connectivity index is 1.40. The summed E-state index contributed by atoms with van der Waals surface area (Å²) in [6, 6.07) is 13.5. The first-order valence-corrected chi connectivity index (χ1v) is 10.2. The first-order valence-electron chi connectivity index (χ1n) is 10.2. The molecular weight excluding hydrogens is 364 g/mol. The fourth-order valence-electron chi connectivity index (χ4n) is 4.04. The van der Waals surface area contributed by atoms with Gasteiger partial charge in [0.25, 0.3) is 0 Å². The van der Waals surface area contributed by atoms with Crippen LogP contribution < -0.4 is 5.32 Å². The van der Waals surface area contributed by atoms with E-state index in [1.54, 1.807) is 0 Å². The third-order valence-corrected chi connectivity index (χ3v) is 5.87. The monoisotopic (exact) mass is 390 g/mol. The maximum absolute atomic E-state index is 12.8. The van der Waals surface area contributed by atoms with Gasteiger partial charge >= 0.3 is 0 Å². The predicted molar refractivity (Wildman–Crippen MR) is 110 cm³/mol. The Hall–Kier alpha value is -3.02. The van der Waals surface area contributed by atoms with Crippen LogP contribution >= 0.6 is 0 Å².